The van der Waals surface area contributed by atoms with Gasteiger partial charge in [0.2, 0.25) is 0 Å². The lowest BCUT2D eigenvalue weighted by atomic mass is 10.2. The molecule has 0 spiro atoms. The number of methoxy groups -OCH3 is 1. The molecular weight excluding hydrogens is 420 g/mol. The predicted molar refractivity (Wildman–Crippen MR) is 119 cm³/mol. The summed E-state index contributed by atoms with van der Waals surface area (Å²) in [6, 6.07) is 18.7. The zero-order valence-electron chi connectivity index (χ0n) is 16.4. The van der Waals surface area contributed by atoms with Gasteiger partial charge in [-0.15, -0.1) is 10.2 Å². The molecule has 2 aromatic carbocycles. The first kappa shape index (κ1) is 20.3. The molecule has 0 amide bonds. The second-order valence-corrected chi connectivity index (χ2v) is 7.94. The van der Waals surface area contributed by atoms with E-state index in [9.17, 15) is 4.79 Å². The lowest BCUT2D eigenvalue weighted by Gasteiger charge is -2.11. The predicted octanol–water partition coefficient (Wildman–Crippen LogP) is 4.91. The number of ether oxygens (including phenoxy) is 1. The van der Waals surface area contributed by atoms with Crippen LogP contribution in [0.15, 0.2) is 72.0 Å². The van der Waals surface area contributed by atoms with Gasteiger partial charge in [-0.1, -0.05) is 23.4 Å². The van der Waals surface area contributed by atoms with Crippen molar-refractivity contribution in [1.29, 1.82) is 0 Å². The molecule has 0 aliphatic rings. The third-order valence-electron chi connectivity index (χ3n) is 4.63. The van der Waals surface area contributed by atoms with Crippen LogP contribution in [0.4, 0.5) is 0 Å². The van der Waals surface area contributed by atoms with Gasteiger partial charge in [-0.2, -0.15) is 0 Å². The molecular formula is C22H19ClN4O2S. The Hall–Kier alpha value is -3.03. The molecule has 152 valence electrons. The van der Waals surface area contributed by atoms with Gasteiger partial charge in [0.15, 0.2) is 16.8 Å². The minimum absolute atomic E-state index is 0.0316. The van der Waals surface area contributed by atoms with Gasteiger partial charge in [0, 0.05) is 29.5 Å². The largest absolute Gasteiger partial charge is 0.497 e. The average molecular weight is 439 g/mol. The van der Waals surface area contributed by atoms with Gasteiger partial charge in [0.05, 0.1) is 18.6 Å². The number of carbonyl (C=O) groups excluding carboxylic acids is 1. The summed E-state index contributed by atoms with van der Waals surface area (Å²) in [4.78, 5) is 12.6. The van der Waals surface area contributed by atoms with E-state index in [1.165, 1.54) is 11.8 Å². The average Bonchev–Trinajstić information content (AvgIpc) is 3.39. The summed E-state index contributed by atoms with van der Waals surface area (Å²) in [5.41, 5.74) is 2.42. The molecule has 0 unspecified atom stereocenters. The van der Waals surface area contributed by atoms with E-state index in [4.69, 9.17) is 16.3 Å². The quantitative estimate of drug-likeness (QED) is 0.303. The number of hydrogen-bond acceptors (Lipinski definition) is 5. The zero-order valence-corrected chi connectivity index (χ0v) is 18.0. The van der Waals surface area contributed by atoms with Crippen molar-refractivity contribution in [3.05, 3.63) is 77.6 Å². The van der Waals surface area contributed by atoms with E-state index < -0.39 is 0 Å². The van der Waals surface area contributed by atoms with Crippen LogP contribution >= 0.6 is 23.4 Å². The molecule has 2 heterocycles. The summed E-state index contributed by atoms with van der Waals surface area (Å²) in [6.45, 7) is 0. The number of aromatic nitrogens is 4. The van der Waals surface area contributed by atoms with Crippen LogP contribution in [0.25, 0.3) is 17.1 Å². The highest BCUT2D eigenvalue weighted by Gasteiger charge is 2.18. The molecule has 0 bridgehead atoms. The Morgan fingerprint density at radius 1 is 1.07 bits per heavy atom. The number of nitrogens with zero attached hydrogens (tertiary/aromatic N) is 4. The van der Waals surface area contributed by atoms with Crippen molar-refractivity contribution in [3.63, 3.8) is 0 Å². The van der Waals surface area contributed by atoms with Gasteiger partial charge in [-0.25, -0.2) is 0 Å². The molecule has 4 rings (SSSR count). The number of aryl methyl sites for hydroxylation is 1. The third kappa shape index (κ3) is 4.13. The highest BCUT2D eigenvalue weighted by Crippen LogP contribution is 2.30. The minimum Gasteiger partial charge on any atom is -0.497 e. The summed E-state index contributed by atoms with van der Waals surface area (Å²) < 4.78 is 8.99. The summed E-state index contributed by atoms with van der Waals surface area (Å²) in [5.74, 6) is 1.73. The Kier molecular flexibility index (Phi) is 5.92. The topological polar surface area (TPSA) is 61.9 Å². The van der Waals surface area contributed by atoms with Crippen LogP contribution in [0.3, 0.4) is 0 Å². The second-order valence-electron chi connectivity index (χ2n) is 6.56. The third-order valence-corrected chi connectivity index (χ3v) is 5.81. The first-order valence-corrected chi connectivity index (χ1v) is 10.6. The fourth-order valence-corrected chi connectivity index (χ4v) is 4.02. The summed E-state index contributed by atoms with van der Waals surface area (Å²) in [5, 5.41) is 10.0. The SMILES string of the molecule is COc1ccc(-c2nnc(SCC(=O)c3cccn3C)n2-c2ccc(Cl)cc2)cc1. The lowest BCUT2D eigenvalue weighted by Crippen LogP contribution is -2.08. The number of carbonyl (C=O) groups is 1. The van der Waals surface area contributed by atoms with E-state index in [2.05, 4.69) is 10.2 Å². The minimum atomic E-state index is 0.0316. The number of hydrogen-bond donors (Lipinski definition) is 0. The maximum atomic E-state index is 12.6. The lowest BCUT2D eigenvalue weighted by molar-refractivity contribution is 0.101. The normalized spacial score (nSPS) is 10.9. The van der Waals surface area contributed by atoms with Crippen molar-refractivity contribution >= 4 is 29.1 Å². The Morgan fingerprint density at radius 2 is 1.80 bits per heavy atom. The monoisotopic (exact) mass is 438 g/mol. The Labute approximate surface area is 183 Å². The Balaban J connectivity index is 1.69. The van der Waals surface area contributed by atoms with Crippen LogP contribution in [0.1, 0.15) is 10.5 Å². The summed E-state index contributed by atoms with van der Waals surface area (Å²) in [7, 11) is 3.49. The van der Waals surface area contributed by atoms with E-state index in [1.807, 2.05) is 83.0 Å². The highest BCUT2D eigenvalue weighted by atomic mass is 35.5. The van der Waals surface area contributed by atoms with E-state index in [1.54, 1.807) is 7.11 Å². The fourth-order valence-electron chi connectivity index (χ4n) is 3.07. The summed E-state index contributed by atoms with van der Waals surface area (Å²) >= 11 is 7.42. The van der Waals surface area contributed by atoms with Crippen LogP contribution in [0.5, 0.6) is 5.75 Å². The number of halogens is 1. The van der Waals surface area contributed by atoms with Crippen LogP contribution in [0, 0.1) is 0 Å². The van der Waals surface area contributed by atoms with Gasteiger partial charge in [-0.05, 0) is 60.7 Å². The highest BCUT2D eigenvalue weighted by molar-refractivity contribution is 7.99. The standard InChI is InChI=1S/C22H19ClN4O2S/c1-26-13-3-4-19(26)20(28)14-30-22-25-24-21(15-5-11-18(29-2)12-6-15)27(22)17-9-7-16(23)8-10-17/h3-13H,14H2,1-2H3. The molecule has 6 nitrogen and oxygen atoms in total. The van der Waals surface area contributed by atoms with E-state index in [0.29, 0.717) is 21.7 Å². The molecule has 0 aliphatic heterocycles. The summed E-state index contributed by atoms with van der Waals surface area (Å²) in [6.07, 6.45) is 1.86. The smallest absolute Gasteiger partial charge is 0.196 e. The molecule has 0 atom stereocenters. The Morgan fingerprint density at radius 3 is 2.43 bits per heavy atom. The molecule has 8 heteroatoms. The first-order chi connectivity index (χ1) is 14.6. The van der Waals surface area contributed by atoms with Crippen molar-refractivity contribution in [2.75, 3.05) is 12.9 Å². The molecule has 4 aromatic rings. The van der Waals surface area contributed by atoms with E-state index >= 15 is 0 Å². The molecule has 0 fully saturated rings. The zero-order chi connectivity index (χ0) is 21.1. The number of thioether (sulfide) groups is 1. The van der Waals surface area contributed by atoms with Crippen molar-refractivity contribution in [3.8, 4) is 22.8 Å². The van der Waals surface area contributed by atoms with Gasteiger partial charge < -0.3 is 9.30 Å². The van der Waals surface area contributed by atoms with Crippen LogP contribution in [-0.4, -0.2) is 38.0 Å². The number of Topliss-reactive ketones (excluding diaryl/α,β-unsaturated/α-hetero) is 1. The van der Waals surface area contributed by atoms with Crippen molar-refractivity contribution in [2.45, 2.75) is 5.16 Å². The van der Waals surface area contributed by atoms with Crippen molar-refractivity contribution in [1.82, 2.24) is 19.3 Å². The maximum absolute atomic E-state index is 12.6. The van der Waals surface area contributed by atoms with Crippen LogP contribution in [0.2, 0.25) is 5.02 Å². The number of rotatable bonds is 7. The maximum Gasteiger partial charge on any atom is 0.196 e. The van der Waals surface area contributed by atoms with Crippen molar-refractivity contribution < 1.29 is 9.53 Å². The van der Waals surface area contributed by atoms with Gasteiger partial charge in [-0.3, -0.25) is 9.36 Å². The van der Waals surface area contributed by atoms with Crippen LogP contribution < -0.4 is 4.74 Å². The molecule has 0 aliphatic carbocycles. The molecule has 0 saturated carbocycles. The van der Waals surface area contributed by atoms with E-state index in [-0.39, 0.29) is 11.5 Å². The van der Waals surface area contributed by atoms with Gasteiger partial charge in [0.1, 0.15) is 5.75 Å². The molecule has 0 saturated heterocycles. The van der Waals surface area contributed by atoms with Gasteiger partial charge >= 0.3 is 0 Å². The number of benzene rings is 2. The van der Waals surface area contributed by atoms with E-state index in [0.717, 1.165) is 17.0 Å². The fraction of sp³-hybridized carbons (Fsp3) is 0.136. The van der Waals surface area contributed by atoms with Crippen LogP contribution in [-0.2, 0) is 7.05 Å². The molecule has 30 heavy (non-hydrogen) atoms. The Bertz CT molecular complexity index is 1170. The first-order valence-electron chi connectivity index (χ1n) is 9.20. The number of ketones is 1. The van der Waals surface area contributed by atoms with Crippen molar-refractivity contribution in [2.24, 2.45) is 7.05 Å². The molecule has 0 N–H and O–H groups in total. The van der Waals surface area contributed by atoms with Gasteiger partial charge in [0.25, 0.3) is 0 Å². The molecule has 0 radical (unpaired) electrons. The molecule has 2 aromatic heterocycles. The second kappa shape index (κ2) is 8.77.